The predicted octanol–water partition coefficient (Wildman–Crippen LogP) is 4.97. The van der Waals surface area contributed by atoms with Gasteiger partial charge < -0.3 is 5.73 Å². The number of anilines is 1. The van der Waals surface area contributed by atoms with Crippen molar-refractivity contribution in [1.82, 2.24) is 0 Å². The standard InChI is InChI=1S/C14H10N2S3/c1-8-6-17-7-9(8)14-12(10-3-2-4-18-10)13(16)11(5-15)19-14/h2-4,6-7H,16H2,1H3. The van der Waals surface area contributed by atoms with Gasteiger partial charge in [0.15, 0.2) is 0 Å². The molecule has 0 fully saturated rings. The second-order valence-corrected chi connectivity index (χ2v) is 6.82. The molecule has 94 valence electrons. The minimum atomic E-state index is 0.601. The number of hydrogen-bond donors (Lipinski definition) is 1. The molecule has 0 aliphatic carbocycles. The molecule has 0 radical (unpaired) electrons. The Kier molecular flexibility index (Phi) is 3.15. The summed E-state index contributed by atoms with van der Waals surface area (Å²) in [4.78, 5) is 2.83. The molecule has 0 saturated carbocycles. The van der Waals surface area contributed by atoms with Gasteiger partial charge in [-0.3, -0.25) is 0 Å². The lowest BCUT2D eigenvalue weighted by Gasteiger charge is -2.02. The van der Waals surface area contributed by atoms with Crippen LogP contribution in [-0.4, -0.2) is 0 Å². The quantitative estimate of drug-likeness (QED) is 0.726. The molecule has 0 aliphatic heterocycles. The molecule has 0 amide bonds. The van der Waals surface area contributed by atoms with E-state index in [4.69, 9.17) is 5.73 Å². The van der Waals surface area contributed by atoms with Crippen molar-refractivity contribution in [2.75, 3.05) is 5.73 Å². The van der Waals surface area contributed by atoms with Crippen molar-refractivity contribution >= 4 is 39.7 Å². The topological polar surface area (TPSA) is 49.8 Å². The van der Waals surface area contributed by atoms with Gasteiger partial charge in [0.2, 0.25) is 0 Å². The number of nitrogens with two attached hydrogens (primary N) is 1. The zero-order valence-electron chi connectivity index (χ0n) is 10.1. The fraction of sp³-hybridized carbons (Fsp3) is 0.0714. The number of nitrogens with zero attached hydrogens (tertiary/aromatic N) is 1. The lowest BCUT2D eigenvalue weighted by Crippen LogP contribution is -1.87. The van der Waals surface area contributed by atoms with E-state index in [1.165, 1.54) is 22.5 Å². The van der Waals surface area contributed by atoms with E-state index in [1.54, 1.807) is 22.7 Å². The molecule has 0 aromatic carbocycles. The van der Waals surface area contributed by atoms with E-state index in [0.29, 0.717) is 10.6 Å². The molecule has 0 saturated heterocycles. The summed E-state index contributed by atoms with van der Waals surface area (Å²) < 4.78 is 0. The van der Waals surface area contributed by atoms with E-state index in [-0.39, 0.29) is 0 Å². The fourth-order valence-corrected chi connectivity index (χ4v) is 4.86. The number of hydrogen-bond acceptors (Lipinski definition) is 5. The van der Waals surface area contributed by atoms with Crippen molar-refractivity contribution in [2.45, 2.75) is 6.92 Å². The van der Waals surface area contributed by atoms with E-state index in [0.717, 1.165) is 15.3 Å². The van der Waals surface area contributed by atoms with Gasteiger partial charge >= 0.3 is 0 Å². The molecular weight excluding hydrogens is 292 g/mol. The van der Waals surface area contributed by atoms with Crippen LogP contribution in [0.25, 0.3) is 20.9 Å². The maximum atomic E-state index is 9.21. The third-order valence-corrected chi connectivity index (χ3v) is 5.81. The van der Waals surface area contributed by atoms with Crippen LogP contribution in [0, 0.1) is 18.3 Å². The van der Waals surface area contributed by atoms with Crippen molar-refractivity contribution < 1.29 is 0 Å². The van der Waals surface area contributed by atoms with Crippen molar-refractivity contribution in [3.8, 4) is 27.0 Å². The summed E-state index contributed by atoms with van der Waals surface area (Å²) in [6, 6.07) is 6.26. The van der Waals surface area contributed by atoms with E-state index < -0.39 is 0 Å². The molecule has 0 aliphatic rings. The molecule has 2 nitrogen and oxygen atoms in total. The highest BCUT2D eigenvalue weighted by atomic mass is 32.1. The largest absolute Gasteiger partial charge is 0.396 e. The molecule has 2 N–H and O–H groups in total. The summed E-state index contributed by atoms with van der Waals surface area (Å²) >= 11 is 4.81. The van der Waals surface area contributed by atoms with Crippen LogP contribution >= 0.6 is 34.0 Å². The molecular formula is C14H10N2S3. The van der Waals surface area contributed by atoms with Crippen LogP contribution in [0.1, 0.15) is 10.4 Å². The van der Waals surface area contributed by atoms with Gasteiger partial charge in [-0.05, 0) is 34.7 Å². The van der Waals surface area contributed by atoms with Crippen LogP contribution in [0.5, 0.6) is 0 Å². The Morgan fingerprint density at radius 1 is 1.32 bits per heavy atom. The number of nitriles is 1. The normalized spacial score (nSPS) is 10.5. The Hall–Kier alpha value is -1.61. The Morgan fingerprint density at radius 2 is 2.16 bits per heavy atom. The highest BCUT2D eigenvalue weighted by molar-refractivity contribution is 7.19. The third-order valence-electron chi connectivity index (χ3n) is 2.91. The zero-order valence-corrected chi connectivity index (χ0v) is 12.6. The van der Waals surface area contributed by atoms with Crippen molar-refractivity contribution in [3.63, 3.8) is 0 Å². The van der Waals surface area contributed by atoms with Crippen molar-refractivity contribution in [1.29, 1.82) is 5.26 Å². The smallest absolute Gasteiger partial charge is 0.129 e. The second-order valence-electron chi connectivity index (χ2n) is 4.11. The van der Waals surface area contributed by atoms with E-state index in [2.05, 4.69) is 29.8 Å². The SMILES string of the molecule is Cc1cscc1-c1sc(C#N)c(N)c1-c1cccs1. The molecule has 0 atom stereocenters. The first-order chi connectivity index (χ1) is 9.22. The molecule has 3 aromatic heterocycles. The van der Waals surface area contributed by atoms with Crippen LogP contribution in [0.3, 0.4) is 0 Å². The highest BCUT2D eigenvalue weighted by Crippen LogP contribution is 2.47. The van der Waals surface area contributed by atoms with Gasteiger partial charge in [0.05, 0.1) is 5.69 Å². The highest BCUT2D eigenvalue weighted by Gasteiger charge is 2.20. The lowest BCUT2D eigenvalue weighted by atomic mass is 10.1. The number of thiophene rings is 3. The zero-order chi connectivity index (χ0) is 13.4. The molecule has 19 heavy (non-hydrogen) atoms. The van der Waals surface area contributed by atoms with Crippen LogP contribution in [-0.2, 0) is 0 Å². The number of rotatable bonds is 2. The summed E-state index contributed by atoms with van der Waals surface area (Å²) in [5.41, 5.74) is 10.2. The maximum Gasteiger partial charge on any atom is 0.129 e. The summed E-state index contributed by atoms with van der Waals surface area (Å²) in [5, 5.41) is 15.5. The summed E-state index contributed by atoms with van der Waals surface area (Å²) in [5.74, 6) is 0. The Bertz CT molecular complexity index is 757. The van der Waals surface area contributed by atoms with Gasteiger partial charge in [0.25, 0.3) is 0 Å². The van der Waals surface area contributed by atoms with Crippen molar-refractivity contribution in [2.24, 2.45) is 0 Å². The van der Waals surface area contributed by atoms with Gasteiger partial charge in [-0.15, -0.1) is 22.7 Å². The second kappa shape index (κ2) is 4.82. The van der Waals surface area contributed by atoms with E-state index >= 15 is 0 Å². The van der Waals surface area contributed by atoms with Gasteiger partial charge in [0, 0.05) is 20.9 Å². The van der Waals surface area contributed by atoms with Gasteiger partial charge in [-0.25, -0.2) is 0 Å². The first-order valence-corrected chi connectivity index (χ1v) is 8.25. The lowest BCUT2D eigenvalue weighted by molar-refractivity contribution is 1.52. The number of aryl methyl sites for hydroxylation is 1. The minimum absolute atomic E-state index is 0.601. The predicted molar refractivity (Wildman–Crippen MR) is 84.8 cm³/mol. The van der Waals surface area contributed by atoms with Crippen LogP contribution in [0.2, 0.25) is 0 Å². The fourth-order valence-electron chi connectivity index (χ4n) is 1.98. The Balaban J connectivity index is 2.31. The van der Waals surface area contributed by atoms with E-state index in [1.807, 2.05) is 11.4 Å². The first kappa shape index (κ1) is 12.4. The van der Waals surface area contributed by atoms with Gasteiger partial charge in [-0.1, -0.05) is 6.07 Å². The van der Waals surface area contributed by atoms with Gasteiger partial charge in [-0.2, -0.15) is 16.6 Å². The van der Waals surface area contributed by atoms with Crippen LogP contribution in [0.4, 0.5) is 5.69 Å². The third kappa shape index (κ3) is 1.98. The Labute approximate surface area is 123 Å². The molecule has 3 heterocycles. The molecule has 0 spiro atoms. The van der Waals surface area contributed by atoms with Crippen LogP contribution in [0.15, 0.2) is 28.3 Å². The summed E-state index contributed by atoms with van der Waals surface area (Å²) in [6.45, 7) is 2.09. The average molecular weight is 302 g/mol. The first-order valence-electron chi connectivity index (χ1n) is 5.61. The monoisotopic (exact) mass is 302 g/mol. The van der Waals surface area contributed by atoms with E-state index in [9.17, 15) is 5.26 Å². The molecule has 0 unspecified atom stereocenters. The van der Waals surface area contributed by atoms with Crippen LogP contribution < -0.4 is 5.73 Å². The number of nitrogen functional groups attached to an aromatic ring is 1. The Morgan fingerprint density at radius 3 is 2.74 bits per heavy atom. The summed E-state index contributed by atoms with van der Waals surface area (Å²) in [7, 11) is 0. The van der Waals surface area contributed by atoms with Gasteiger partial charge in [0.1, 0.15) is 10.9 Å². The molecule has 3 rings (SSSR count). The van der Waals surface area contributed by atoms with Crippen molar-refractivity contribution in [3.05, 3.63) is 38.7 Å². The molecule has 3 aromatic rings. The average Bonchev–Trinajstić information content (AvgIpc) is 3.09. The molecule has 5 heteroatoms. The minimum Gasteiger partial charge on any atom is -0.396 e. The summed E-state index contributed by atoms with van der Waals surface area (Å²) in [6.07, 6.45) is 0. The molecule has 0 bridgehead atoms. The maximum absolute atomic E-state index is 9.21.